The fourth-order valence-corrected chi connectivity index (χ4v) is 4.38. The fraction of sp³-hybridized carbons (Fsp3) is 0.550. The molecule has 1 amide bonds. The van der Waals surface area contributed by atoms with Crippen LogP contribution in [-0.4, -0.2) is 52.8 Å². The zero-order valence-corrected chi connectivity index (χ0v) is 16.4. The molecule has 1 N–H and O–H groups in total. The van der Waals surface area contributed by atoms with Gasteiger partial charge in [-0.3, -0.25) is 19.3 Å². The number of aryl methyl sites for hydroxylation is 1. The van der Waals surface area contributed by atoms with Crippen LogP contribution in [0.25, 0.3) is 0 Å². The van der Waals surface area contributed by atoms with Crippen LogP contribution in [0.15, 0.2) is 24.3 Å². The molecule has 1 aromatic rings. The second kappa shape index (κ2) is 9.37. The lowest BCUT2D eigenvalue weighted by Gasteiger charge is -2.38. The van der Waals surface area contributed by atoms with E-state index in [1.54, 1.807) is 0 Å². The Bertz CT molecular complexity index is 676. The monoisotopic (exact) mass is 390 g/mol. The van der Waals surface area contributed by atoms with E-state index in [2.05, 4.69) is 12.2 Å². The highest BCUT2D eigenvalue weighted by molar-refractivity contribution is 8.15. The third kappa shape index (κ3) is 5.11. The van der Waals surface area contributed by atoms with E-state index in [0.717, 1.165) is 43.2 Å². The van der Waals surface area contributed by atoms with Crippen LogP contribution in [0, 0.1) is 0 Å². The van der Waals surface area contributed by atoms with E-state index in [-0.39, 0.29) is 35.1 Å². The van der Waals surface area contributed by atoms with Crippen molar-refractivity contribution in [3.63, 3.8) is 0 Å². The van der Waals surface area contributed by atoms with Crippen LogP contribution in [0.5, 0.6) is 5.75 Å². The summed E-state index contributed by atoms with van der Waals surface area (Å²) >= 11 is 1.08. The number of carbonyl (C=O) groups is 3. The molecule has 3 rings (SSSR count). The molecule has 0 radical (unpaired) electrons. The highest BCUT2D eigenvalue weighted by Gasteiger charge is 2.42. The molecule has 2 atom stereocenters. The number of amides is 1. The Balaban J connectivity index is 1.49. The third-order valence-corrected chi connectivity index (χ3v) is 5.95. The summed E-state index contributed by atoms with van der Waals surface area (Å²) in [6, 6.07) is 7.16. The number of hydrogen-bond donors (Lipinski definition) is 1. The number of ketones is 1. The van der Waals surface area contributed by atoms with Gasteiger partial charge in [0.15, 0.2) is 5.78 Å². The first kappa shape index (κ1) is 19.9. The Kier molecular flexibility index (Phi) is 6.90. The number of ether oxygens (including phenoxy) is 1. The summed E-state index contributed by atoms with van der Waals surface area (Å²) in [6.45, 7) is 3.05. The van der Waals surface area contributed by atoms with Gasteiger partial charge in [-0.2, -0.15) is 0 Å². The predicted molar refractivity (Wildman–Crippen MR) is 105 cm³/mol. The number of Topliss-reactive ketones (excluding diaryl/α,β-unsaturated/α-hetero) is 1. The van der Waals surface area contributed by atoms with Crippen molar-refractivity contribution < 1.29 is 19.1 Å². The molecule has 2 fully saturated rings. The second-order valence-electron chi connectivity index (χ2n) is 6.89. The van der Waals surface area contributed by atoms with E-state index in [4.69, 9.17) is 4.74 Å². The van der Waals surface area contributed by atoms with Gasteiger partial charge in [0.1, 0.15) is 11.8 Å². The van der Waals surface area contributed by atoms with Gasteiger partial charge >= 0.3 is 0 Å². The normalized spacial score (nSPS) is 23.4. The van der Waals surface area contributed by atoms with Gasteiger partial charge in [0.2, 0.25) is 11.0 Å². The number of likely N-dealkylation sites (tertiary alicyclic amines) is 1. The molecule has 2 heterocycles. The molecule has 2 saturated heterocycles. The van der Waals surface area contributed by atoms with Crippen molar-refractivity contribution in [1.82, 2.24) is 10.2 Å². The Morgan fingerprint density at radius 3 is 2.70 bits per heavy atom. The van der Waals surface area contributed by atoms with Crippen LogP contribution in [0.3, 0.4) is 0 Å². The van der Waals surface area contributed by atoms with Crippen LogP contribution in [0.1, 0.15) is 38.2 Å². The molecular formula is C20H26N2O4S. The molecule has 0 aromatic heterocycles. The molecule has 2 unspecified atom stereocenters. The SMILES string of the molecule is CCc1ccc(OCCC(=O)NC2CCCCN2C2C(=O)CSC2=O)cc1. The molecular weight excluding hydrogens is 364 g/mol. The van der Waals surface area contributed by atoms with Gasteiger partial charge in [0, 0.05) is 6.54 Å². The molecule has 2 aliphatic heterocycles. The molecule has 27 heavy (non-hydrogen) atoms. The lowest BCUT2D eigenvalue weighted by Crippen LogP contribution is -2.57. The summed E-state index contributed by atoms with van der Waals surface area (Å²) < 4.78 is 5.64. The minimum absolute atomic E-state index is 0.0509. The number of thioether (sulfide) groups is 1. The number of piperidine rings is 1. The van der Waals surface area contributed by atoms with Crippen molar-refractivity contribution in [1.29, 1.82) is 0 Å². The maximum Gasteiger partial charge on any atom is 0.224 e. The average molecular weight is 391 g/mol. The van der Waals surface area contributed by atoms with Gasteiger partial charge in [-0.15, -0.1) is 0 Å². The van der Waals surface area contributed by atoms with Gasteiger partial charge in [0.05, 0.1) is 24.9 Å². The van der Waals surface area contributed by atoms with Crippen molar-refractivity contribution in [2.75, 3.05) is 18.9 Å². The van der Waals surface area contributed by atoms with Crippen LogP contribution in [-0.2, 0) is 20.8 Å². The Morgan fingerprint density at radius 1 is 1.26 bits per heavy atom. The molecule has 2 aliphatic rings. The van der Waals surface area contributed by atoms with Gasteiger partial charge in [-0.05, 0) is 43.4 Å². The van der Waals surface area contributed by atoms with E-state index in [0.29, 0.717) is 13.2 Å². The standard InChI is InChI=1S/C20H26N2O4S/c1-2-14-6-8-15(9-7-14)26-12-10-18(24)21-17-5-3-4-11-22(17)19-16(23)13-27-20(19)25/h6-9,17,19H,2-5,10-13H2,1H3,(H,21,24). The smallest absolute Gasteiger partial charge is 0.224 e. The molecule has 0 bridgehead atoms. The van der Waals surface area contributed by atoms with Gasteiger partial charge < -0.3 is 10.1 Å². The van der Waals surface area contributed by atoms with Crippen molar-refractivity contribution in [3.05, 3.63) is 29.8 Å². The van der Waals surface area contributed by atoms with Gasteiger partial charge in [0.25, 0.3) is 0 Å². The van der Waals surface area contributed by atoms with Crippen LogP contribution >= 0.6 is 11.8 Å². The zero-order chi connectivity index (χ0) is 19.2. The molecule has 6 nitrogen and oxygen atoms in total. The molecule has 0 spiro atoms. The molecule has 7 heteroatoms. The fourth-order valence-electron chi connectivity index (χ4n) is 3.51. The minimum Gasteiger partial charge on any atom is -0.493 e. The zero-order valence-electron chi connectivity index (χ0n) is 15.6. The highest BCUT2D eigenvalue weighted by atomic mass is 32.2. The summed E-state index contributed by atoms with van der Waals surface area (Å²) in [5.74, 6) is 0.816. The predicted octanol–water partition coefficient (Wildman–Crippen LogP) is 2.16. The summed E-state index contributed by atoms with van der Waals surface area (Å²) in [5.41, 5.74) is 1.24. The largest absolute Gasteiger partial charge is 0.493 e. The molecule has 0 aliphatic carbocycles. The first-order chi connectivity index (χ1) is 13.1. The van der Waals surface area contributed by atoms with E-state index in [1.807, 2.05) is 29.2 Å². The number of rotatable bonds is 7. The maximum absolute atomic E-state index is 12.3. The van der Waals surface area contributed by atoms with Crippen LogP contribution in [0.2, 0.25) is 0 Å². The van der Waals surface area contributed by atoms with Crippen molar-refractivity contribution in [2.24, 2.45) is 0 Å². The Morgan fingerprint density at radius 2 is 2.04 bits per heavy atom. The number of nitrogens with zero attached hydrogens (tertiary/aromatic N) is 1. The Hall–Kier alpha value is -1.86. The van der Waals surface area contributed by atoms with Crippen LogP contribution in [0.4, 0.5) is 0 Å². The number of nitrogens with one attached hydrogen (secondary N) is 1. The van der Waals surface area contributed by atoms with E-state index in [1.165, 1.54) is 5.56 Å². The third-order valence-electron chi connectivity index (χ3n) is 5.02. The van der Waals surface area contributed by atoms with Crippen LogP contribution < -0.4 is 10.1 Å². The topological polar surface area (TPSA) is 75.7 Å². The van der Waals surface area contributed by atoms with Crippen molar-refractivity contribution in [3.8, 4) is 5.75 Å². The van der Waals surface area contributed by atoms with Crippen molar-refractivity contribution in [2.45, 2.75) is 51.2 Å². The quantitative estimate of drug-likeness (QED) is 0.719. The number of carbonyl (C=O) groups excluding carboxylic acids is 3. The van der Waals surface area contributed by atoms with E-state index in [9.17, 15) is 14.4 Å². The average Bonchev–Trinajstić information content (AvgIpc) is 3.01. The molecule has 1 aromatic carbocycles. The van der Waals surface area contributed by atoms with E-state index >= 15 is 0 Å². The summed E-state index contributed by atoms with van der Waals surface area (Å²) in [7, 11) is 0. The summed E-state index contributed by atoms with van der Waals surface area (Å²) in [6.07, 6.45) is 3.63. The summed E-state index contributed by atoms with van der Waals surface area (Å²) in [4.78, 5) is 38.3. The van der Waals surface area contributed by atoms with E-state index < -0.39 is 6.04 Å². The highest BCUT2D eigenvalue weighted by Crippen LogP contribution is 2.27. The first-order valence-electron chi connectivity index (χ1n) is 9.54. The molecule has 146 valence electrons. The maximum atomic E-state index is 12.3. The lowest BCUT2D eigenvalue weighted by atomic mass is 10.0. The van der Waals surface area contributed by atoms with Gasteiger partial charge in [-0.25, -0.2) is 0 Å². The second-order valence-corrected chi connectivity index (χ2v) is 7.87. The van der Waals surface area contributed by atoms with Gasteiger partial charge in [-0.1, -0.05) is 30.8 Å². The lowest BCUT2D eigenvalue weighted by molar-refractivity contribution is -0.133. The first-order valence-corrected chi connectivity index (χ1v) is 10.5. The van der Waals surface area contributed by atoms with Crippen molar-refractivity contribution >= 4 is 28.6 Å². The molecule has 0 saturated carbocycles. The Labute approximate surface area is 164 Å². The number of benzene rings is 1. The minimum atomic E-state index is -0.700. The summed E-state index contributed by atoms with van der Waals surface area (Å²) in [5, 5.41) is 2.89. The number of hydrogen-bond acceptors (Lipinski definition) is 6.